The second-order valence-electron chi connectivity index (χ2n) is 7.75. The maximum absolute atomic E-state index is 13.2. The number of ether oxygens (including phenoxy) is 2. The smallest absolute Gasteiger partial charge is 0.336 e. The Bertz CT molecular complexity index is 1150. The van der Waals surface area contributed by atoms with Gasteiger partial charge in [0.1, 0.15) is 5.92 Å². The SMILES string of the molecule is CCOC(=O)C1=C(CSCc2cccnc2)N=C(C)C(C(=O)OCC)C1c1cccc([N+](=O)[O-])c1. The predicted molar refractivity (Wildman–Crippen MR) is 133 cm³/mol. The number of esters is 2. The summed E-state index contributed by atoms with van der Waals surface area (Å²) in [5.41, 5.74) is 2.50. The number of hydrogen-bond acceptors (Lipinski definition) is 9. The fraction of sp³-hybridized carbons (Fsp3) is 0.360. The normalized spacial score (nSPS) is 17.5. The Morgan fingerprint density at radius 2 is 1.89 bits per heavy atom. The zero-order chi connectivity index (χ0) is 25.4. The van der Waals surface area contributed by atoms with Crippen molar-refractivity contribution in [3.63, 3.8) is 0 Å². The second kappa shape index (κ2) is 12.3. The lowest BCUT2D eigenvalue weighted by Crippen LogP contribution is -2.37. The van der Waals surface area contributed by atoms with Gasteiger partial charge < -0.3 is 9.47 Å². The van der Waals surface area contributed by atoms with Crippen LogP contribution in [0.25, 0.3) is 0 Å². The third-order valence-corrected chi connectivity index (χ3v) is 6.44. The van der Waals surface area contributed by atoms with E-state index in [2.05, 4.69) is 9.98 Å². The van der Waals surface area contributed by atoms with Gasteiger partial charge >= 0.3 is 11.9 Å². The molecule has 0 saturated heterocycles. The molecule has 2 aromatic rings. The molecule has 184 valence electrons. The topological polar surface area (TPSA) is 121 Å². The highest BCUT2D eigenvalue weighted by atomic mass is 32.2. The van der Waals surface area contributed by atoms with Gasteiger partial charge in [0.25, 0.3) is 5.69 Å². The molecule has 0 amide bonds. The summed E-state index contributed by atoms with van der Waals surface area (Å²) in [7, 11) is 0. The molecule has 2 unspecified atom stereocenters. The molecule has 2 atom stereocenters. The fourth-order valence-electron chi connectivity index (χ4n) is 3.97. The van der Waals surface area contributed by atoms with Crippen LogP contribution >= 0.6 is 11.8 Å². The van der Waals surface area contributed by atoms with Gasteiger partial charge in [-0.05, 0) is 38.0 Å². The Balaban J connectivity index is 2.09. The van der Waals surface area contributed by atoms with Crippen molar-refractivity contribution in [3.05, 3.63) is 81.3 Å². The summed E-state index contributed by atoms with van der Waals surface area (Å²) in [4.78, 5) is 45.9. The van der Waals surface area contributed by atoms with E-state index in [0.29, 0.717) is 28.5 Å². The minimum absolute atomic E-state index is 0.132. The van der Waals surface area contributed by atoms with Crippen LogP contribution in [0.4, 0.5) is 5.69 Å². The highest BCUT2D eigenvalue weighted by Crippen LogP contribution is 2.42. The first-order valence-corrected chi connectivity index (χ1v) is 12.4. The van der Waals surface area contributed by atoms with Crippen molar-refractivity contribution in [1.29, 1.82) is 0 Å². The fourth-order valence-corrected chi connectivity index (χ4v) is 4.89. The minimum atomic E-state index is -0.913. The van der Waals surface area contributed by atoms with Gasteiger partial charge in [0.2, 0.25) is 0 Å². The van der Waals surface area contributed by atoms with E-state index in [9.17, 15) is 19.7 Å². The first kappa shape index (κ1) is 26.1. The average molecular weight is 498 g/mol. The molecule has 0 fully saturated rings. The number of pyridine rings is 1. The molecule has 1 aliphatic rings. The second-order valence-corrected chi connectivity index (χ2v) is 8.73. The number of hydrogen-bond donors (Lipinski definition) is 0. The lowest BCUT2D eigenvalue weighted by Gasteiger charge is -2.32. The summed E-state index contributed by atoms with van der Waals surface area (Å²) in [6, 6.07) is 9.77. The summed E-state index contributed by atoms with van der Waals surface area (Å²) in [5, 5.41) is 11.5. The van der Waals surface area contributed by atoms with Crippen LogP contribution < -0.4 is 0 Å². The third kappa shape index (κ3) is 6.33. The summed E-state index contributed by atoms with van der Waals surface area (Å²) in [6.45, 7) is 5.37. The molecule has 9 nitrogen and oxygen atoms in total. The van der Waals surface area contributed by atoms with Crippen molar-refractivity contribution in [3.8, 4) is 0 Å². The van der Waals surface area contributed by atoms with Gasteiger partial charge in [0, 0.05) is 47.7 Å². The molecule has 3 rings (SSSR count). The van der Waals surface area contributed by atoms with Gasteiger partial charge in [-0.15, -0.1) is 0 Å². The molecule has 1 aromatic carbocycles. The quantitative estimate of drug-likeness (QED) is 0.268. The zero-order valence-electron chi connectivity index (χ0n) is 19.8. The number of benzene rings is 1. The van der Waals surface area contributed by atoms with E-state index in [4.69, 9.17) is 9.47 Å². The van der Waals surface area contributed by atoms with Crippen LogP contribution in [0.15, 0.2) is 65.1 Å². The number of aliphatic imine (C=N–C) groups is 1. The number of rotatable bonds is 10. The monoisotopic (exact) mass is 497 g/mol. The summed E-state index contributed by atoms with van der Waals surface area (Å²) in [5.74, 6) is -1.88. The molecule has 0 bridgehead atoms. The van der Waals surface area contributed by atoms with Crippen LogP contribution in [0.3, 0.4) is 0 Å². The number of carbonyl (C=O) groups is 2. The number of aromatic nitrogens is 1. The predicted octanol–water partition coefficient (Wildman–Crippen LogP) is 4.48. The van der Waals surface area contributed by atoms with Crippen LogP contribution in [-0.2, 0) is 24.8 Å². The van der Waals surface area contributed by atoms with Gasteiger partial charge in [0.05, 0.1) is 29.4 Å². The molecule has 0 N–H and O–H groups in total. The molecule has 1 aliphatic heterocycles. The van der Waals surface area contributed by atoms with E-state index in [-0.39, 0.29) is 24.5 Å². The lowest BCUT2D eigenvalue weighted by molar-refractivity contribution is -0.384. The van der Waals surface area contributed by atoms with E-state index < -0.39 is 28.7 Å². The first-order valence-electron chi connectivity index (χ1n) is 11.2. The standard InChI is InChI=1S/C25H27N3O6S/c1-4-33-24(29)21-16(3)27-20(15-35-14-17-8-7-11-26-13-17)23(25(30)34-5-2)22(21)18-9-6-10-19(12-18)28(31)32/h6-13,21-22H,4-5,14-15H2,1-3H3. The van der Waals surface area contributed by atoms with E-state index in [0.717, 1.165) is 5.56 Å². The Morgan fingerprint density at radius 1 is 1.11 bits per heavy atom. The molecular weight excluding hydrogens is 470 g/mol. The summed E-state index contributed by atoms with van der Waals surface area (Å²) >= 11 is 1.54. The van der Waals surface area contributed by atoms with Crippen LogP contribution in [0, 0.1) is 16.0 Å². The van der Waals surface area contributed by atoms with E-state index in [1.54, 1.807) is 51.0 Å². The molecule has 35 heavy (non-hydrogen) atoms. The van der Waals surface area contributed by atoms with Crippen molar-refractivity contribution >= 4 is 35.1 Å². The Labute approximate surface area is 207 Å². The molecule has 0 aliphatic carbocycles. The molecule has 2 heterocycles. The van der Waals surface area contributed by atoms with Gasteiger partial charge in [-0.1, -0.05) is 18.2 Å². The number of nitro benzene ring substituents is 1. The number of carbonyl (C=O) groups excluding carboxylic acids is 2. The highest BCUT2D eigenvalue weighted by molar-refractivity contribution is 7.98. The Kier molecular flexibility index (Phi) is 9.13. The maximum atomic E-state index is 13.2. The van der Waals surface area contributed by atoms with Crippen molar-refractivity contribution < 1.29 is 24.0 Å². The number of non-ortho nitro benzene ring substituents is 1. The highest BCUT2D eigenvalue weighted by Gasteiger charge is 2.43. The first-order chi connectivity index (χ1) is 16.9. The summed E-state index contributed by atoms with van der Waals surface area (Å²) < 4.78 is 10.7. The van der Waals surface area contributed by atoms with Gasteiger partial charge in [0.15, 0.2) is 0 Å². The van der Waals surface area contributed by atoms with Crippen LogP contribution in [0.2, 0.25) is 0 Å². The van der Waals surface area contributed by atoms with Gasteiger partial charge in [-0.25, -0.2) is 4.79 Å². The van der Waals surface area contributed by atoms with Gasteiger partial charge in [-0.2, -0.15) is 11.8 Å². The van der Waals surface area contributed by atoms with Crippen molar-refractivity contribution in [2.24, 2.45) is 10.9 Å². The van der Waals surface area contributed by atoms with Crippen LogP contribution in [0.5, 0.6) is 0 Å². The van der Waals surface area contributed by atoms with Crippen LogP contribution in [-0.4, -0.2) is 46.5 Å². The third-order valence-electron chi connectivity index (χ3n) is 5.42. The van der Waals surface area contributed by atoms with Crippen molar-refractivity contribution in [2.75, 3.05) is 19.0 Å². The molecule has 0 radical (unpaired) electrons. The molecular formula is C25H27N3O6S. The minimum Gasteiger partial charge on any atom is -0.465 e. The van der Waals surface area contributed by atoms with E-state index in [1.165, 1.54) is 18.2 Å². The average Bonchev–Trinajstić information content (AvgIpc) is 2.84. The number of nitro groups is 1. The Morgan fingerprint density at radius 3 is 2.54 bits per heavy atom. The zero-order valence-corrected chi connectivity index (χ0v) is 20.6. The molecule has 10 heteroatoms. The molecule has 0 spiro atoms. The van der Waals surface area contributed by atoms with E-state index in [1.807, 2.05) is 12.1 Å². The Hall–Kier alpha value is -3.53. The maximum Gasteiger partial charge on any atom is 0.336 e. The lowest BCUT2D eigenvalue weighted by atomic mass is 9.75. The molecule has 0 saturated carbocycles. The van der Waals surface area contributed by atoms with Crippen molar-refractivity contribution in [1.82, 2.24) is 4.98 Å². The number of thioether (sulfide) groups is 1. The molecule has 1 aromatic heterocycles. The van der Waals surface area contributed by atoms with Crippen molar-refractivity contribution in [2.45, 2.75) is 32.4 Å². The van der Waals surface area contributed by atoms with E-state index >= 15 is 0 Å². The summed E-state index contributed by atoms with van der Waals surface area (Å²) in [6.07, 6.45) is 3.47. The van der Waals surface area contributed by atoms with Crippen LogP contribution in [0.1, 0.15) is 37.8 Å². The van der Waals surface area contributed by atoms with Gasteiger partial charge in [-0.3, -0.25) is 24.9 Å². The largest absolute Gasteiger partial charge is 0.465 e. The number of nitrogens with zero attached hydrogens (tertiary/aromatic N) is 3.